The van der Waals surface area contributed by atoms with E-state index in [0.29, 0.717) is 12.1 Å². The Morgan fingerprint density at radius 2 is 2.07 bits per heavy atom. The highest BCUT2D eigenvalue weighted by Crippen LogP contribution is 2.43. The van der Waals surface area contributed by atoms with Crippen molar-refractivity contribution >= 4 is 5.69 Å². The van der Waals surface area contributed by atoms with E-state index in [4.69, 9.17) is 4.74 Å². The van der Waals surface area contributed by atoms with E-state index in [0.717, 1.165) is 12.1 Å². The van der Waals surface area contributed by atoms with Gasteiger partial charge in [-0.05, 0) is 18.6 Å². The highest BCUT2D eigenvalue weighted by molar-refractivity contribution is 5.43. The molecule has 2 unspecified atom stereocenters. The van der Waals surface area contributed by atoms with Gasteiger partial charge in [0.05, 0.1) is 6.10 Å². The van der Waals surface area contributed by atoms with Crippen molar-refractivity contribution in [3.8, 4) is 0 Å². The van der Waals surface area contributed by atoms with Crippen molar-refractivity contribution in [2.75, 3.05) is 12.4 Å². The number of rotatable bonds is 3. The first-order chi connectivity index (χ1) is 7.14. The van der Waals surface area contributed by atoms with E-state index in [-0.39, 0.29) is 5.41 Å². The predicted molar refractivity (Wildman–Crippen MR) is 60.8 cm³/mol. The van der Waals surface area contributed by atoms with E-state index in [1.165, 1.54) is 0 Å². The molecule has 1 saturated carbocycles. The molecule has 0 saturated heterocycles. The van der Waals surface area contributed by atoms with Crippen LogP contribution in [0.2, 0.25) is 0 Å². The summed E-state index contributed by atoms with van der Waals surface area (Å²) in [5.41, 5.74) is 1.34. The van der Waals surface area contributed by atoms with E-state index in [1.54, 1.807) is 7.11 Å². The second-order valence-electron chi connectivity index (χ2n) is 4.71. The SMILES string of the molecule is COC1CC(Nc2ccncc2)C1(C)C. The summed E-state index contributed by atoms with van der Waals surface area (Å²) in [6.07, 6.45) is 5.06. The largest absolute Gasteiger partial charge is 0.381 e. The zero-order valence-electron chi connectivity index (χ0n) is 9.53. The summed E-state index contributed by atoms with van der Waals surface area (Å²) in [7, 11) is 1.79. The van der Waals surface area contributed by atoms with Gasteiger partial charge in [0, 0.05) is 36.6 Å². The fraction of sp³-hybridized carbons (Fsp3) is 0.583. The molecule has 82 valence electrons. The summed E-state index contributed by atoms with van der Waals surface area (Å²) in [5, 5.41) is 3.51. The van der Waals surface area contributed by atoms with Gasteiger partial charge in [0.2, 0.25) is 0 Å². The van der Waals surface area contributed by atoms with Crippen molar-refractivity contribution in [1.82, 2.24) is 4.98 Å². The van der Waals surface area contributed by atoms with Gasteiger partial charge in [-0.3, -0.25) is 4.98 Å². The molecule has 3 heteroatoms. The Morgan fingerprint density at radius 1 is 1.40 bits per heavy atom. The van der Waals surface area contributed by atoms with Crippen LogP contribution in [-0.4, -0.2) is 24.2 Å². The third-order valence-electron chi connectivity index (χ3n) is 3.48. The number of hydrogen-bond donors (Lipinski definition) is 1. The lowest BCUT2D eigenvalue weighted by Crippen LogP contribution is -2.57. The molecule has 1 heterocycles. The molecule has 1 aromatic heterocycles. The van der Waals surface area contributed by atoms with Crippen LogP contribution >= 0.6 is 0 Å². The third kappa shape index (κ3) is 1.84. The second-order valence-corrected chi connectivity index (χ2v) is 4.71. The molecule has 0 aromatic carbocycles. The zero-order valence-corrected chi connectivity index (χ0v) is 9.53. The number of nitrogens with one attached hydrogen (secondary N) is 1. The molecule has 0 aliphatic heterocycles. The maximum atomic E-state index is 5.42. The van der Waals surface area contributed by atoms with Crippen LogP contribution in [0.3, 0.4) is 0 Å². The molecular weight excluding hydrogens is 188 g/mol. The van der Waals surface area contributed by atoms with Gasteiger partial charge in [-0.15, -0.1) is 0 Å². The number of hydrogen-bond acceptors (Lipinski definition) is 3. The summed E-state index contributed by atoms with van der Waals surface area (Å²) in [6, 6.07) is 4.48. The van der Waals surface area contributed by atoms with Gasteiger partial charge in [-0.25, -0.2) is 0 Å². The maximum Gasteiger partial charge on any atom is 0.0661 e. The minimum Gasteiger partial charge on any atom is -0.381 e. The number of aromatic nitrogens is 1. The monoisotopic (exact) mass is 206 g/mol. The molecule has 2 atom stereocenters. The van der Waals surface area contributed by atoms with Crippen LogP contribution in [0, 0.1) is 5.41 Å². The van der Waals surface area contributed by atoms with E-state index in [2.05, 4.69) is 24.1 Å². The standard InChI is InChI=1S/C12H18N2O/c1-12(2)10(8-11(12)15-3)14-9-4-6-13-7-5-9/h4-7,10-11H,8H2,1-3H3,(H,13,14). The number of methoxy groups -OCH3 is 1. The topological polar surface area (TPSA) is 34.1 Å². The van der Waals surface area contributed by atoms with Gasteiger partial charge in [-0.2, -0.15) is 0 Å². The normalized spacial score (nSPS) is 28.2. The predicted octanol–water partition coefficient (Wildman–Crippen LogP) is 2.31. The minimum atomic E-state index is 0.206. The van der Waals surface area contributed by atoms with Crippen molar-refractivity contribution in [2.45, 2.75) is 32.4 Å². The van der Waals surface area contributed by atoms with Gasteiger partial charge in [0.1, 0.15) is 0 Å². The van der Waals surface area contributed by atoms with Crippen molar-refractivity contribution in [1.29, 1.82) is 0 Å². The van der Waals surface area contributed by atoms with E-state index in [1.807, 2.05) is 24.5 Å². The van der Waals surface area contributed by atoms with Crippen LogP contribution in [0.4, 0.5) is 5.69 Å². The lowest BCUT2D eigenvalue weighted by molar-refractivity contribution is -0.0794. The molecule has 0 radical (unpaired) electrons. The van der Waals surface area contributed by atoms with E-state index < -0.39 is 0 Å². The van der Waals surface area contributed by atoms with Crippen molar-refractivity contribution in [3.05, 3.63) is 24.5 Å². The molecular formula is C12H18N2O. The molecule has 0 amide bonds. The number of pyridine rings is 1. The summed E-state index contributed by atoms with van der Waals surface area (Å²) in [4.78, 5) is 4.00. The average molecular weight is 206 g/mol. The molecule has 15 heavy (non-hydrogen) atoms. The second kappa shape index (κ2) is 3.81. The molecule has 0 bridgehead atoms. The minimum absolute atomic E-state index is 0.206. The summed E-state index contributed by atoms with van der Waals surface area (Å²) in [6.45, 7) is 4.48. The Hall–Kier alpha value is -1.09. The number of ether oxygens (including phenoxy) is 1. The zero-order chi connectivity index (χ0) is 10.9. The summed E-state index contributed by atoms with van der Waals surface area (Å²) in [5.74, 6) is 0. The first-order valence-electron chi connectivity index (χ1n) is 5.34. The first-order valence-corrected chi connectivity index (χ1v) is 5.34. The van der Waals surface area contributed by atoms with Gasteiger partial charge in [-0.1, -0.05) is 13.8 Å². The van der Waals surface area contributed by atoms with Crippen LogP contribution in [0.15, 0.2) is 24.5 Å². The summed E-state index contributed by atoms with van der Waals surface area (Å²) >= 11 is 0. The van der Waals surface area contributed by atoms with Crippen LogP contribution < -0.4 is 5.32 Å². The Bertz CT molecular complexity index is 324. The highest BCUT2D eigenvalue weighted by atomic mass is 16.5. The van der Waals surface area contributed by atoms with E-state index in [9.17, 15) is 0 Å². The van der Waals surface area contributed by atoms with Crippen LogP contribution in [0.1, 0.15) is 20.3 Å². The summed E-state index contributed by atoms with van der Waals surface area (Å²) < 4.78 is 5.42. The molecule has 1 aliphatic rings. The van der Waals surface area contributed by atoms with Crippen molar-refractivity contribution < 1.29 is 4.74 Å². The molecule has 0 spiro atoms. The lowest BCUT2D eigenvalue weighted by Gasteiger charge is -2.51. The number of nitrogens with zero attached hydrogens (tertiary/aromatic N) is 1. The smallest absolute Gasteiger partial charge is 0.0661 e. The molecule has 1 N–H and O–H groups in total. The first kappa shape index (κ1) is 10.4. The van der Waals surface area contributed by atoms with Gasteiger partial charge >= 0.3 is 0 Å². The average Bonchev–Trinajstić information content (AvgIpc) is 2.25. The Balaban J connectivity index is 1.99. The van der Waals surface area contributed by atoms with Crippen molar-refractivity contribution in [3.63, 3.8) is 0 Å². The number of anilines is 1. The third-order valence-corrected chi connectivity index (χ3v) is 3.48. The van der Waals surface area contributed by atoms with Gasteiger partial charge in [0.25, 0.3) is 0 Å². The molecule has 2 rings (SSSR count). The lowest BCUT2D eigenvalue weighted by atomic mass is 9.64. The van der Waals surface area contributed by atoms with Gasteiger partial charge < -0.3 is 10.1 Å². The van der Waals surface area contributed by atoms with Crippen LogP contribution in [0.25, 0.3) is 0 Å². The Kier molecular flexibility index (Phi) is 2.65. The molecule has 1 aromatic rings. The molecule has 1 fully saturated rings. The van der Waals surface area contributed by atoms with E-state index >= 15 is 0 Å². The van der Waals surface area contributed by atoms with Crippen LogP contribution in [0.5, 0.6) is 0 Å². The van der Waals surface area contributed by atoms with Crippen molar-refractivity contribution in [2.24, 2.45) is 5.41 Å². The fourth-order valence-electron chi connectivity index (χ4n) is 2.18. The molecule has 1 aliphatic carbocycles. The Labute approximate surface area is 90.9 Å². The van der Waals surface area contributed by atoms with Gasteiger partial charge in [0.15, 0.2) is 0 Å². The fourth-order valence-corrected chi connectivity index (χ4v) is 2.18. The molecule has 3 nitrogen and oxygen atoms in total. The van der Waals surface area contributed by atoms with Crippen LogP contribution in [-0.2, 0) is 4.74 Å². The highest BCUT2D eigenvalue weighted by Gasteiger charge is 2.48. The maximum absolute atomic E-state index is 5.42. The quantitative estimate of drug-likeness (QED) is 0.824. The Morgan fingerprint density at radius 3 is 2.60 bits per heavy atom.